The van der Waals surface area contributed by atoms with Crippen molar-refractivity contribution < 1.29 is 49.8 Å². The van der Waals surface area contributed by atoms with Crippen molar-refractivity contribution in [3.05, 3.63) is 59.3 Å². The summed E-state index contributed by atoms with van der Waals surface area (Å²) in [6, 6.07) is 0.840. The second-order valence-corrected chi connectivity index (χ2v) is 9.95. The molecule has 1 fully saturated rings. The summed E-state index contributed by atoms with van der Waals surface area (Å²) in [7, 11) is 0. The largest absolute Gasteiger partial charge is 0.417 e. The van der Waals surface area contributed by atoms with Gasteiger partial charge in [0.15, 0.2) is 11.9 Å². The summed E-state index contributed by atoms with van der Waals surface area (Å²) in [5, 5.41) is 18.9. The minimum Gasteiger partial charge on any atom is -0.369 e. The second kappa shape index (κ2) is 11.8. The Morgan fingerprint density at radius 3 is 2.38 bits per heavy atom. The number of rotatable bonds is 8. The van der Waals surface area contributed by atoms with Gasteiger partial charge in [0.05, 0.1) is 41.7 Å². The molecule has 0 radical (unpaired) electrons. The standard InChI is InChI=1S/C25H24F8N6O3/c26-23(27)4-1-13(2-5-23)20(38-22(42)14-7-16(11-34-9-14)25(31,32)33)17-12-39-18(36-17)8-15(10-35-39)21(41)37-19(40)3-6-24(28,29)30/h7-13,20-21,41H,1-6H2,(H,37,40)(H,38,42)/t20-,21+/m0/s1. The van der Waals surface area contributed by atoms with Crippen LogP contribution in [0.1, 0.15) is 78.0 Å². The average molecular weight is 608 g/mol. The summed E-state index contributed by atoms with van der Waals surface area (Å²) >= 11 is 0. The molecule has 9 nitrogen and oxygen atoms in total. The predicted molar refractivity (Wildman–Crippen MR) is 128 cm³/mol. The lowest BCUT2D eigenvalue weighted by Crippen LogP contribution is -2.37. The molecule has 1 saturated carbocycles. The zero-order valence-electron chi connectivity index (χ0n) is 21.5. The maximum atomic E-state index is 13.9. The number of halogens is 8. The molecule has 3 heterocycles. The van der Waals surface area contributed by atoms with Gasteiger partial charge >= 0.3 is 12.4 Å². The van der Waals surface area contributed by atoms with Crippen LogP contribution in [0.5, 0.6) is 0 Å². The van der Waals surface area contributed by atoms with Crippen LogP contribution in [0.15, 0.2) is 36.9 Å². The summed E-state index contributed by atoms with van der Waals surface area (Å²) in [5.74, 6) is -5.50. The molecule has 0 unspecified atom stereocenters. The Hall–Kier alpha value is -3.89. The number of aliphatic hydroxyl groups is 1. The van der Waals surface area contributed by atoms with Gasteiger partial charge in [0.1, 0.15) is 0 Å². The third-order valence-corrected chi connectivity index (χ3v) is 6.78. The van der Waals surface area contributed by atoms with Crippen LogP contribution in [0.25, 0.3) is 5.65 Å². The predicted octanol–water partition coefficient (Wildman–Crippen LogP) is 4.89. The third-order valence-electron chi connectivity index (χ3n) is 6.78. The summed E-state index contributed by atoms with van der Waals surface area (Å²) in [6.07, 6.45) is -10.4. The van der Waals surface area contributed by atoms with Crippen molar-refractivity contribution in [3.8, 4) is 0 Å². The van der Waals surface area contributed by atoms with Crippen LogP contribution in [-0.2, 0) is 11.0 Å². The molecule has 0 saturated heterocycles. The molecule has 2 amide bonds. The van der Waals surface area contributed by atoms with Crippen LogP contribution in [-0.4, -0.2) is 48.6 Å². The number of amides is 2. The summed E-state index contributed by atoms with van der Waals surface area (Å²) < 4.78 is 105. The SMILES string of the molecule is O=C(CCC(F)(F)F)N[C@H](O)c1cnn2cc([C@@H](NC(=O)c3cncc(C(F)(F)F)c3)C3CCC(F)(F)CC3)nc2c1. The Morgan fingerprint density at radius 2 is 1.74 bits per heavy atom. The molecule has 3 aromatic heterocycles. The molecule has 3 aromatic rings. The van der Waals surface area contributed by atoms with Crippen LogP contribution >= 0.6 is 0 Å². The number of hydrogen-bond donors (Lipinski definition) is 3. The molecule has 0 bridgehead atoms. The van der Waals surface area contributed by atoms with Gasteiger partial charge in [-0.2, -0.15) is 31.4 Å². The number of aromatic nitrogens is 4. The molecule has 4 rings (SSSR count). The number of nitrogens with zero attached hydrogens (tertiary/aromatic N) is 4. The van der Waals surface area contributed by atoms with Gasteiger partial charge in [0.25, 0.3) is 5.91 Å². The van der Waals surface area contributed by atoms with E-state index in [1.165, 1.54) is 16.8 Å². The van der Waals surface area contributed by atoms with E-state index in [9.17, 15) is 49.8 Å². The molecular formula is C25H24F8N6O3. The quantitative estimate of drug-likeness (QED) is 0.248. The highest BCUT2D eigenvalue weighted by molar-refractivity contribution is 5.94. The van der Waals surface area contributed by atoms with E-state index in [0.717, 1.165) is 12.4 Å². The number of pyridine rings is 1. The van der Waals surface area contributed by atoms with Crippen molar-refractivity contribution in [3.63, 3.8) is 0 Å². The Labute approximate surface area is 232 Å². The molecule has 17 heteroatoms. The van der Waals surface area contributed by atoms with Gasteiger partial charge in [-0.15, -0.1) is 0 Å². The van der Waals surface area contributed by atoms with Gasteiger partial charge in [0.2, 0.25) is 11.8 Å². The number of nitrogens with one attached hydrogen (secondary N) is 2. The lowest BCUT2D eigenvalue weighted by atomic mass is 9.81. The topological polar surface area (TPSA) is 122 Å². The van der Waals surface area contributed by atoms with E-state index < -0.39 is 85.1 Å². The zero-order valence-corrected chi connectivity index (χ0v) is 21.5. The summed E-state index contributed by atoms with van der Waals surface area (Å²) in [5.41, 5.74) is -1.41. The van der Waals surface area contributed by atoms with E-state index in [0.29, 0.717) is 12.3 Å². The number of fused-ring (bicyclic) bond motifs is 1. The fraction of sp³-hybridized carbons (Fsp3) is 0.480. The molecule has 1 aliphatic carbocycles. The lowest BCUT2D eigenvalue weighted by Gasteiger charge is -2.33. The van der Waals surface area contributed by atoms with Crippen LogP contribution in [0, 0.1) is 5.92 Å². The third kappa shape index (κ3) is 7.89. The minimum atomic E-state index is -4.76. The number of imidazole rings is 1. The molecular weight excluding hydrogens is 584 g/mol. The van der Waals surface area contributed by atoms with Gasteiger partial charge in [-0.3, -0.25) is 14.6 Å². The number of carbonyl (C=O) groups excluding carboxylic acids is 2. The van der Waals surface area contributed by atoms with Gasteiger partial charge in [-0.05, 0) is 30.9 Å². The van der Waals surface area contributed by atoms with Crippen LogP contribution in [0.4, 0.5) is 35.1 Å². The van der Waals surface area contributed by atoms with Crippen molar-refractivity contribution in [1.29, 1.82) is 0 Å². The van der Waals surface area contributed by atoms with Gasteiger partial charge in [-0.1, -0.05) is 0 Å². The highest BCUT2D eigenvalue weighted by Gasteiger charge is 2.40. The Balaban J connectivity index is 1.58. The van der Waals surface area contributed by atoms with E-state index in [2.05, 4.69) is 20.4 Å². The Kier molecular flexibility index (Phi) is 8.71. The molecule has 228 valence electrons. The highest BCUT2D eigenvalue weighted by Crippen LogP contribution is 2.41. The van der Waals surface area contributed by atoms with E-state index in [1.54, 1.807) is 0 Å². The molecule has 3 N–H and O–H groups in total. The van der Waals surface area contributed by atoms with E-state index in [4.69, 9.17) is 0 Å². The number of hydrogen-bond acceptors (Lipinski definition) is 6. The molecule has 1 aliphatic rings. The van der Waals surface area contributed by atoms with Crippen LogP contribution < -0.4 is 10.6 Å². The summed E-state index contributed by atoms with van der Waals surface area (Å²) in [4.78, 5) is 32.6. The van der Waals surface area contributed by atoms with Crippen molar-refractivity contribution in [2.75, 3.05) is 0 Å². The second-order valence-electron chi connectivity index (χ2n) is 9.95. The van der Waals surface area contributed by atoms with Gasteiger partial charge in [-0.25, -0.2) is 18.3 Å². The highest BCUT2D eigenvalue weighted by atomic mass is 19.4. The Morgan fingerprint density at radius 1 is 1.05 bits per heavy atom. The van der Waals surface area contributed by atoms with Crippen LogP contribution in [0.3, 0.4) is 0 Å². The minimum absolute atomic E-state index is 0.0337. The first-order chi connectivity index (χ1) is 19.5. The molecule has 0 spiro atoms. The van der Waals surface area contributed by atoms with Crippen molar-refractivity contribution in [2.24, 2.45) is 5.92 Å². The first-order valence-electron chi connectivity index (χ1n) is 12.6. The van der Waals surface area contributed by atoms with Crippen LogP contribution in [0.2, 0.25) is 0 Å². The molecule has 0 aromatic carbocycles. The Bertz CT molecular complexity index is 1430. The molecule has 2 atom stereocenters. The number of alkyl halides is 8. The van der Waals surface area contributed by atoms with Crippen molar-refractivity contribution >= 4 is 17.5 Å². The van der Waals surface area contributed by atoms with E-state index in [-0.39, 0.29) is 29.7 Å². The molecule has 0 aliphatic heterocycles. The normalized spacial score (nSPS) is 17.5. The van der Waals surface area contributed by atoms with E-state index >= 15 is 0 Å². The fourth-order valence-corrected chi connectivity index (χ4v) is 4.55. The lowest BCUT2D eigenvalue weighted by molar-refractivity contribution is -0.145. The smallest absolute Gasteiger partial charge is 0.369 e. The fourth-order valence-electron chi connectivity index (χ4n) is 4.55. The first-order valence-corrected chi connectivity index (χ1v) is 12.6. The monoisotopic (exact) mass is 608 g/mol. The zero-order chi connectivity index (χ0) is 30.9. The first kappa shape index (κ1) is 31.1. The van der Waals surface area contributed by atoms with Gasteiger partial charge in [0, 0.05) is 37.2 Å². The van der Waals surface area contributed by atoms with Crippen molar-refractivity contribution in [1.82, 2.24) is 30.2 Å². The summed E-state index contributed by atoms with van der Waals surface area (Å²) in [6.45, 7) is 0. The average Bonchev–Trinajstić information content (AvgIpc) is 3.33. The molecule has 42 heavy (non-hydrogen) atoms. The van der Waals surface area contributed by atoms with Gasteiger partial charge < -0.3 is 15.7 Å². The van der Waals surface area contributed by atoms with Crippen molar-refractivity contribution in [2.45, 2.75) is 69.1 Å². The number of aliphatic hydroxyl groups excluding tert-OH is 1. The maximum Gasteiger partial charge on any atom is 0.417 e. The number of carbonyl (C=O) groups is 2. The van der Waals surface area contributed by atoms with E-state index in [1.807, 2.05) is 5.32 Å². The maximum absolute atomic E-state index is 13.9.